The number of piperidine rings is 1. The highest BCUT2D eigenvalue weighted by molar-refractivity contribution is 5.58. The third kappa shape index (κ3) is 4.66. The normalized spacial score (nSPS) is 20.4. The van der Waals surface area contributed by atoms with Crippen molar-refractivity contribution in [2.45, 2.75) is 25.4 Å². The molecule has 6 heteroatoms. The lowest BCUT2D eigenvalue weighted by Gasteiger charge is -2.44. The van der Waals surface area contributed by atoms with Crippen LogP contribution in [0.1, 0.15) is 18.4 Å². The monoisotopic (exact) mass is 431 g/mol. The number of anilines is 1. The van der Waals surface area contributed by atoms with Gasteiger partial charge in [-0.3, -0.25) is 9.80 Å². The summed E-state index contributed by atoms with van der Waals surface area (Å²) in [5.74, 6) is 0.975. The third-order valence-electron chi connectivity index (χ3n) is 6.85. The molecule has 0 radical (unpaired) electrons. The summed E-state index contributed by atoms with van der Waals surface area (Å²) in [5, 5.41) is 4.32. The van der Waals surface area contributed by atoms with Crippen molar-refractivity contribution in [3.05, 3.63) is 72.6 Å². The van der Waals surface area contributed by atoms with E-state index in [4.69, 9.17) is 4.74 Å². The highest BCUT2D eigenvalue weighted by Gasteiger charge is 2.28. The molecule has 0 spiro atoms. The highest BCUT2D eigenvalue weighted by atomic mass is 16.5. The molecule has 0 aliphatic carbocycles. The van der Waals surface area contributed by atoms with Gasteiger partial charge in [-0.15, -0.1) is 0 Å². The van der Waals surface area contributed by atoms with Crippen LogP contribution in [-0.2, 0) is 6.54 Å². The molecule has 3 heterocycles. The molecule has 2 aromatic carbocycles. The maximum Gasteiger partial charge on any atom is 0.142 e. The topological polar surface area (TPSA) is 36.8 Å². The molecule has 168 valence electrons. The van der Waals surface area contributed by atoms with Gasteiger partial charge in [-0.2, -0.15) is 5.10 Å². The zero-order valence-electron chi connectivity index (χ0n) is 18.9. The Bertz CT molecular complexity index is 980. The van der Waals surface area contributed by atoms with Crippen molar-refractivity contribution in [1.29, 1.82) is 0 Å². The molecule has 1 atom stereocenters. The molecule has 1 aromatic heterocycles. The first-order valence-electron chi connectivity index (χ1n) is 11.7. The Morgan fingerprint density at radius 3 is 2.50 bits per heavy atom. The van der Waals surface area contributed by atoms with E-state index in [-0.39, 0.29) is 0 Å². The first kappa shape index (κ1) is 21.0. The number of ether oxygens (including phenoxy) is 1. The molecule has 0 N–H and O–H groups in total. The number of hydrogen-bond acceptors (Lipinski definition) is 5. The lowest BCUT2D eigenvalue weighted by atomic mass is 10.0. The number of rotatable bonds is 6. The lowest BCUT2D eigenvalue weighted by Crippen LogP contribution is -2.55. The average molecular weight is 432 g/mol. The van der Waals surface area contributed by atoms with E-state index < -0.39 is 0 Å². The summed E-state index contributed by atoms with van der Waals surface area (Å²) in [4.78, 5) is 7.81. The molecule has 32 heavy (non-hydrogen) atoms. The van der Waals surface area contributed by atoms with Gasteiger partial charge in [0.25, 0.3) is 0 Å². The summed E-state index contributed by atoms with van der Waals surface area (Å²) >= 11 is 0. The fourth-order valence-corrected chi connectivity index (χ4v) is 5.13. The maximum atomic E-state index is 5.57. The van der Waals surface area contributed by atoms with E-state index in [1.807, 2.05) is 29.2 Å². The summed E-state index contributed by atoms with van der Waals surface area (Å²) in [6.45, 7) is 7.74. The van der Waals surface area contributed by atoms with E-state index in [9.17, 15) is 0 Å². The smallest absolute Gasteiger partial charge is 0.142 e. The van der Waals surface area contributed by atoms with Crippen molar-refractivity contribution < 1.29 is 4.74 Å². The van der Waals surface area contributed by atoms with Gasteiger partial charge in [0.1, 0.15) is 5.75 Å². The number of hydrogen-bond donors (Lipinski definition) is 0. The van der Waals surface area contributed by atoms with E-state index in [0.717, 1.165) is 50.7 Å². The molecular weight excluding hydrogens is 398 g/mol. The van der Waals surface area contributed by atoms with Gasteiger partial charge in [0.2, 0.25) is 0 Å². The Hall–Kier alpha value is -2.83. The van der Waals surface area contributed by atoms with E-state index in [1.54, 1.807) is 7.11 Å². The quantitative estimate of drug-likeness (QED) is 0.595. The molecular formula is C26H33N5O. The minimum atomic E-state index is 0.659. The Kier molecular flexibility index (Phi) is 6.41. The number of benzene rings is 2. The molecule has 0 amide bonds. The number of aromatic nitrogens is 2. The van der Waals surface area contributed by atoms with E-state index in [2.05, 4.69) is 62.3 Å². The zero-order valence-corrected chi connectivity index (χ0v) is 18.9. The third-order valence-corrected chi connectivity index (χ3v) is 6.85. The van der Waals surface area contributed by atoms with Gasteiger partial charge in [0.05, 0.1) is 18.5 Å². The van der Waals surface area contributed by atoms with Crippen molar-refractivity contribution in [3.63, 3.8) is 0 Å². The van der Waals surface area contributed by atoms with Crippen molar-refractivity contribution in [1.82, 2.24) is 19.6 Å². The summed E-state index contributed by atoms with van der Waals surface area (Å²) in [6.07, 6.45) is 6.39. The van der Waals surface area contributed by atoms with Crippen LogP contribution in [0.3, 0.4) is 0 Å². The number of para-hydroxylation sites is 2. The van der Waals surface area contributed by atoms with Gasteiger partial charge in [-0.25, -0.2) is 4.68 Å². The van der Waals surface area contributed by atoms with Gasteiger partial charge < -0.3 is 9.64 Å². The maximum absolute atomic E-state index is 5.57. The second kappa shape index (κ2) is 9.76. The van der Waals surface area contributed by atoms with Crippen LogP contribution in [0.5, 0.6) is 5.75 Å². The van der Waals surface area contributed by atoms with Crippen LogP contribution in [0.4, 0.5) is 5.69 Å². The number of piperazine rings is 1. The van der Waals surface area contributed by atoms with E-state index in [1.165, 1.54) is 30.6 Å². The molecule has 0 saturated carbocycles. The van der Waals surface area contributed by atoms with Crippen molar-refractivity contribution >= 4 is 5.69 Å². The summed E-state index contributed by atoms with van der Waals surface area (Å²) in [5.41, 5.74) is 3.71. The molecule has 0 unspecified atom stereocenters. The van der Waals surface area contributed by atoms with Crippen LogP contribution >= 0.6 is 0 Å². The summed E-state index contributed by atoms with van der Waals surface area (Å²) in [7, 11) is 1.76. The fourth-order valence-electron chi connectivity index (χ4n) is 5.13. The van der Waals surface area contributed by atoms with Gasteiger partial charge in [0, 0.05) is 57.7 Å². The number of likely N-dealkylation sites (tertiary alicyclic amines) is 1. The summed E-state index contributed by atoms with van der Waals surface area (Å²) in [6, 6.07) is 19.8. The number of nitrogens with zero attached hydrogens (tertiary/aromatic N) is 5. The number of methoxy groups -OCH3 is 1. The van der Waals surface area contributed by atoms with Crippen molar-refractivity contribution in [3.8, 4) is 11.4 Å². The second-order valence-electron chi connectivity index (χ2n) is 8.84. The predicted octanol–water partition coefficient (Wildman–Crippen LogP) is 3.67. The Morgan fingerprint density at radius 1 is 0.938 bits per heavy atom. The largest absolute Gasteiger partial charge is 0.495 e. The molecule has 3 aromatic rings. The van der Waals surface area contributed by atoms with Crippen LogP contribution in [0, 0.1) is 0 Å². The van der Waals surface area contributed by atoms with Crippen molar-refractivity contribution in [2.24, 2.45) is 0 Å². The molecule has 2 aliphatic heterocycles. The molecule has 2 fully saturated rings. The Labute approximate surface area is 191 Å². The van der Waals surface area contributed by atoms with Crippen LogP contribution in [0.2, 0.25) is 0 Å². The minimum Gasteiger partial charge on any atom is -0.495 e. The molecule has 2 saturated heterocycles. The minimum absolute atomic E-state index is 0.659. The molecule has 6 nitrogen and oxygen atoms in total. The van der Waals surface area contributed by atoms with Crippen LogP contribution in [-0.4, -0.2) is 72.0 Å². The van der Waals surface area contributed by atoms with Crippen LogP contribution < -0.4 is 9.64 Å². The van der Waals surface area contributed by atoms with Gasteiger partial charge >= 0.3 is 0 Å². The fraction of sp³-hybridized carbons (Fsp3) is 0.423. The van der Waals surface area contributed by atoms with Gasteiger partial charge in [-0.1, -0.05) is 24.3 Å². The van der Waals surface area contributed by atoms with Gasteiger partial charge in [0.15, 0.2) is 0 Å². The van der Waals surface area contributed by atoms with Gasteiger partial charge in [-0.05, 0) is 55.3 Å². The van der Waals surface area contributed by atoms with Crippen LogP contribution in [0.15, 0.2) is 67.0 Å². The Morgan fingerprint density at radius 2 is 1.75 bits per heavy atom. The van der Waals surface area contributed by atoms with Crippen molar-refractivity contribution in [2.75, 3.05) is 51.3 Å². The molecule has 2 aliphatic rings. The average Bonchev–Trinajstić information content (AvgIpc) is 3.40. The zero-order chi connectivity index (χ0) is 21.8. The highest BCUT2D eigenvalue weighted by Crippen LogP contribution is 2.29. The molecule has 5 rings (SSSR count). The Balaban J connectivity index is 1.15. The first-order valence-corrected chi connectivity index (χ1v) is 11.7. The predicted molar refractivity (Wildman–Crippen MR) is 129 cm³/mol. The van der Waals surface area contributed by atoms with Crippen LogP contribution in [0.25, 0.3) is 5.69 Å². The van der Waals surface area contributed by atoms with E-state index in [0.29, 0.717) is 6.04 Å². The first-order chi connectivity index (χ1) is 15.8. The second-order valence-corrected chi connectivity index (χ2v) is 8.84. The molecule has 0 bridgehead atoms. The standard InChI is InChI=1S/C26H33N5O/c1-32-26-8-3-2-7-25(26)30-18-16-29(17-19-30)24-6-4-14-28(21-24)20-22-9-11-23(12-10-22)31-15-5-13-27-31/h2-3,5,7-13,15,24H,4,6,14,16-21H2,1H3/t24-/m0/s1. The summed E-state index contributed by atoms with van der Waals surface area (Å²) < 4.78 is 7.48. The van der Waals surface area contributed by atoms with E-state index >= 15 is 0 Å². The SMILES string of the molecule is COc1ccccc1N1CCN([C@H]2CCCN(Cc3ccc(-n4cccn4)cc3)C2)CC1. The lowest BCUT2D eigenvalue weighted by molar-refractivity contribution is 0.0887.